The SMILES string of the molecule is C(=C\[Si](c1ccccc1)(c1ccccc1)c1ccccc1)/c1ccc2c(c1)oc1cc(N(c3ccccc3)c3ccccc3)ccc12. The molecule has 8 rings (SSSR count). The van der Waals surface area contributed by atoms with Crippen molar-refractivity contribution in [2.24, 2.45) is 0 Å². The molecular weight excluding hydrogens is 587 g/mol. The molecule has 0 N–H and O–H groups in total. The molecule has 7 aromatic carbocycles. The summed E-state index contributed by atoms with van der Waals surface area (Å²) in [7, 11) is -2.51. The third-order valence-electron chi connectivity index (χ3n) is 8.98. The van der Waals surface area contributed by atoms with Gasteiger partial charge in [0, 0.05) is 33.9 Å². The van der Waals surface area contributed by atoms with Crippen molar-refractivity contribution in [2.75, 3.05) is 4.90 Å². The first-order chi connectivity index (χ1) is 23.3. The molecular formula is C44H33NOSi. The van der Waals surface area contributed by atoms with Crippen LogP contribution in [0.5, 0.6) is 0 Å². The fourth-order valence-electron chi connectivity index (χ4n) is 6.74. The summed E-state index contributed by atoms with van der Waals surface area (Å²) in [5.74, 6) is 0. The normalized spacial score (nSPS) is 11.7. The molecule has 47 heavy (non-hydrogen) atoms. The lowest BCUT2D eigenvalue weighted by atomic mass is 10.1. The van der Waals surface area contributed by atoms with Gasteiger partial charge in [0.15, 0.2) is 8.07 Å². The van der Waals surface area contributed by atoms with E-state index in [1.165, 1.54) is 15.6 Å². The molecule has 0 saturated heterocycles. The molecule has 0 aliphatic rings. The van der Waals surface area contributed by atoms with E-state index in [0.717, 1.165) is 44.6 Å². The molecule has 0 atom stereocenters. The Morgan fingerprint density at radius 1 is 0.404 bits per heavy atom. The molecule has 0 saturated carbocycles. The molecule has 1 aromatic heterocycles. The highest BCUT2D eigenvalue weighted by molar-refractivity contribution is 7.15. The molecule has 1 heterocycles. The Balaban J connectivity index is 1.23. The van der Waals surface area contributed by atoms with Gasteiger partial charge in [-0.3, -0.25) is 0 Å². The summed E-state index contributed by atoms with van der Waals surface area (Å²) in [6, 6.07) is 67.0. The van der Waals surface area contributed by atoms with Crippen molar-refractivity contribution >= 4 is 68.7 Å². The largest absolute Gasteiger partial charge is 0.456 e. The number of benzene rings is 7. The van der Waals surface area contributed by atoms with Crippen LogP contribution in [0.15, 0.2) is 198 Å². The topological polar surface area (TPSA) is 16.4 Å². The molecule has 0 amide bonds. The van der Waals surface area contributed by atoms with Crippen LogP contribution >= 0.6 is 0 Å². The van der Waals surface area contributed by atoms with Gasteiger partial charge in [0.05, 0.1) is 0 Å². The second-order valence-electron chi connectivity index (χ2n) is 11.8. The van der Waals surface area contributed by atoms with Crippen LogP contribution in [0.4, 0.5) is 17.1 Å². The van der Waals surface area contributed by atoms with Crippen molar-refractivity contribution in [1.82, 2.24) is 0 Å². The fourth-order valence-corrected chi connectivity index (χ4v) is 10.9. The molecule has 3 heteroatoms. The highest BCUT2D eigenvalue weighted by Gasteiger charge is 2.36. The van der Waals surface area contributed by atoms with E-state index < -0.39 is 8.07 Å². The first-order valence-electron chi connectivity index (χ1n) is 16.0. The van der Waals surface area contributed by atoms with Gasteiger partial charge >= 0.3 is 0 Å². The van der Waals surface area contributed by atoms with E-state index in [1.54, 1.807) is 0 Å². The molecule has 224 valence electrons. The lowest BCUT2D eigenvalue weighted by Crippen LogP contribution is -2.66. The zero-order valence-corrected chi connectivity index (χ0v) is 26.9. The molecule has 0 aliphatic carbocycles. The van der Waals surface area contributed by atoms with Crippen LogP contribution in [-0.2, 0) is 0 Å². The first-order valence-corrected chi connectivity index (χ1v) is 18.1. The quantitative estimate of drug-likeness (QED) is 0.124. The van der Waals surface area contributed by atoms with Crippen molar-refractivity contribution in [1.29, 1.82) is 0 Å². The second-order valence-corrected chi connectivity index (χ2v) is 15.5. The fraction of sp³-hybridized carbons (Fsp3) is 0. The van der Waals surface area contributed by atoms with E-state index >= 15 is 0 Å². The minimum absolute atomic E-state index is 0.872. The Morgan fingerprint density at radius 2 is 0.830 bits per heavy atom. The van der Waals surface area contributed by atoms with Gasteiger partial charge < -0.3 is 9.32 Å². The molecule has 0 fully saturated rings. The summed E-state index contributed by atoms with van der Waals surface area (Å²) < 4.78 is 6.59. The Bertz CT molecular complexity index is 2140. The average Bonchev–Trinajstić information content (AvgIpc) is 3.51. The van der Waals surface area contributed by atoms with Crippen molar-refractivity contribution in [3.63, 3.8) is 0 Å². The van der Waals surface area contributed by atoms with Crippen LogP contribution < -0.4 is 20.5 Å². The Morgan fingerprint density at radius 3 is 1.32 bits per heavy atom. The summed E-state index contributed by atoms with van der Waals surface area (Å²) in [5.41, 5.74) is 8.61. The molecule has 8 aromatic rings. The summed E-state index contributed by atoms with van der Waals surface area (Å²) >= 11 is 0. The van der Waals surface area contributed by atoms with Crippen molar-refractivity contribution in [3.8, 4) is 0 Å². The van der Waals surface area contributed by atoms with Gasteiger partial charge in [0.1, 0.15) is 11.2 Å². The van der Waals surface area contributed by atoms with Crippen LogP contribution in [0.25, 0.3) is 28.0 Å². The highest BCUT2D eigenvalue weighted by Crippen LogP contribution is 2.38. The molecule has 0 spiro atoms. The molecule has 2 nitrogen and oxygen atoms in total. The maximum Gasteiger partial charge on any atom is 0.172 e. The van der Waals surface area contributed by atoms with Crippen LogP contribution in [-0.4, -0.2) is 8.07 Å². The average molecular weight is 620 g/mol. The van der Waals surface area contributed by atoms with Gasteiger partial charge in [0.2, 0.25) is 0 Å². The van der Waals surface area contributed by atoms with Crippen molar-refractivity contribution < 1.29 is 4.42 Å². The summed E-state index contributed by atoms with van der Waals surface area (Å²) in [4.78, 5) is 2.27. The van der Waals surface area contributed by atoms with Gasteiger partial charge in [-0.25, -0.2) is 0 Å². The standard InChI is InChI=1S/C44H33NOSi/c1-6-16-35(17-7-1)45(36-18-8-2-9-19-36)37-27-29-42-41-28-26-34(32-43(41)46-44(42)33-37)30-31-47(38-20-10-3-11-21-38,39-22-12-4-13-23-39)40-24-14-5-15-25-40/h1-33H/b31-30+. The summed E-state index contributed by atoms with van der Waals surface area (Å²) in [5, 5.41) is 6.29. The Labute approximate surface area is 276 Å². The van der Waals surface area contributed by atoms with Gasteiger partial charge in [-0.1, -0.05) is 145 Å². The predicted molar refractivity (Wildman–Crippen MR) is 201 cm³/mol. The van der Waals surface area contributed by atoms with E-state index in [9.17, 15) is 0 Å². The number of hydrogen-bond donors (Lipinski definition) is 0. The Kier molecular flexibility index (Phi) is 7.58. The third kappa shape index (κ3) is 5.37. The zero-order chi connectivity index (χ0) is 31.5. The first kappa shape index (κ1) is 28.6. The monoisotopic (exact) mass is 619 g/mol. The molecule has 0 unspecified atom stereocenters. The van der Waals surface area contributed by atoms with Crippen molar-refractivity contribution in [3.05, 3.63) is 199 Å². The zero-order valence-electron chi connectivity index (χ0n) is 25.9. The van der Waals surface area contributed by atoms with Gasteiger partial charge in [-0.15, -0.1) is 0 Å². The van der Waals surface area contributed by atoms with Crippen LogP contribution in [0.1, 0.15) is 5.56 Å². The summed E-state index contributed by atoms with van der Waals surface area (Å²) in [6.07, 6.45) is 2.30. The number of rotatable bonds is 8. The van der Waals surface area contributed by atoms with Gasteiger partial charge in [-0.2, -0.15) is 0 Å². The van der Waals surface area contributed by atoms with Crippen LogP contribution in [0.2, 0.25) is 0 Å². The minimum Gasteiger partial charge on any atom is -0.456 e. The number of para-hydroxylation sites is 2. The van der Waals surface area contributed by atoms with Crippen LogP contribution in [0.3, 0.4) is 0 Å². The number of fused-ring (bicyclic) bond motifs is 3. The van der Waals surface area contributed by atoms with E-state index in [0.29, 0.717) is 0 Å². The van der Waals surface area contributed by atoms with Crippen molar-refractivity contribution in [2.45, 2.75) is 0 Å². The van der Waals surface area contributed by atoms with E-state index in [2.05, 4.69) is 193 Å². The third-order valence-corrected chi connectivity index (χ3v) is 13.4. The molecule has 0 bridgehead atoms. The Hall–Kier alpha value is -5.90. The van der Waals surface area contributed by atoms with Gasteiger partial charge in [-0.05, 0) is 69.7 Å². The van der Waals surface area contributed by atoms with E-state index in [4.69, 9.17) is 4.42 Å². The number of nitrogens with zero attached hydrogens (tertiary/aromatic N) is 1. The minimum atomic E-state index is -2.51. The molecule has 0 aliphatic heterocycles. The maximum atomic E-state index is 6.59. The number of furan rings is 1. The van der Waals surface area contributed by atoms with E-state index in [1.807, 2.05) is 12.1 Å². The lowest BCUT2D eigenvalue weighted by Gasteiger charge is -2.30. The summed E-state index contributed by atoms with van der Waals surface area (Å²) in [6.45, 7) is 0. The number of anilines is 3. The smallest absolute Gasteiger partial charge is 0.172 e. The highest BCUT2D eigenvalue weighted by atomic mass is 28.3. The second kappa shape index (κ2) is 12.5. The molecule has 0 radical (unpaired) electrons. The predicted octanol–water partition coefficient (Wildman–Crippen LogP) is 9.78. The lowest BCUT2D eigenvalue weighted by molar-refractivity contribution is 0.669. The number of hydrogen-bond acceptors (Lipinski definition) is 2. The van der Waals surface area contributed by atoms with Crippen LogP contribution in [0, 0.1) is 0 Å². The van der Waals surface area contributed by atoms with Gasteiger partial charge in [0.25, 0.3) is 0 Å². The maximum absolute atomic E-state index is 6.59. The van der Waals surface area contributed by atoms with E-state index in [-0.39, 0.29) is 0 Å².